The molecule has 0 aliphatic carbocycles. The van der Waals surface area contributed by atoms with Gasteiger partial charge in [0, 0.05) is 23.8 Å². The van der Waals surface area contributed by atoms with E-state index in [0.717, 1.165) is 10.5 Å². The number of ether oxygens (including phenoxy) is 3. The van der Waals surface area contributed by atoms with Gasteiger partial charge in [-0.1, -0.05) is 12.1 Å². The Kier molecular flexibility index (Phi) is 6.30. The molecule has 2 heterocycles. The summed E-state index contributed by atoms with van der Waals surface area (Å²) in [5, 5.41) is 18.1. The van der Waals surface area contributed by atoms with Gasteiger partial charge in [0.05, 0.1) is 37.6 Å². The third-order valence-electron chi connectivity index (χ3n) is 5.19. The van der Waals surface area contributed by atoms with Crippen molar-refractivity contribution in [2.24, 2.45) is 0 Å². The number of amides is 2. The molecule has 12 nitrogen and oxygen atoms in total. The second-order valence-corrected chi connectivity index (χ2v) is 7.25. The fourth-order valence-electron chi connectivity index (χ4n) is 3.61. The van der Waals surface area contributed by atoms with Gasteiger partial charge in [-0.15, -0.1) is 0 Å². The van der Waals surface area contributed by atoms with Crippen LogP contribution in [0.5, 0.6) is 17.2 Å². The van der Waals surface area contributed by atoms with Crippen LogP contribution in [0.25, 0.3) is 0 Å². The number of aromatic nitrogens is 2. The van der Waals surface area contributed by atoms with Crippen molar-refractivity contribution < 1.29 is 28.7 Å². The van der Waals surface area contributed by atoms with E-state index in [1.54, 1.807) is 23.9 Å². The zero-order valence-electron chi connectivity index (χ0n) is 18.4. The molecule has 2 amide bonds. The molecule has 34 heavy (non-hydrogen) atoms. The lowest BCUT2D eigenvalue weighted by atomic mass is 10.2. The van der Waals surface area contributed by atoms with Gasteiger partial charge in [0.25, 0.3) is 11.6 Å². The minimum absolute atomic E-state index is 0.162. The summed E-state index contributed by atoms with van der Waals surface area (Å²) in [5.74, 6) is 0.805. The second kappa shape index (κ2) is 9.48. The van der Waals surface area contributed by atoms with Crippen molar-refractivity contribution >= 4 is 29.0 Å². The van der Waals surface area contributed by atoms with Gasteiger partial charge in [-0.3, -0.25) is 24.6 Å². The van der Waals surface area contributed by atoms with Gasteiger partial charge in [-0.25, -0.2) is 4.68 Å². The van der Waals surface area contributed by atoms with Crippen molar-refractivity contribution in [2.75, 3.05) is 37.6 Å². The highest BCUT2D eigenvalue weighted by atomic mass is 16.6. The molecule has 2 aromatic carbocycles. The maximum Gasteiger partial charge on any atom is 0.271 e. The van der Waals surface area contributed by atoms with E-state index in [2.05, 4.69) is 10.4 Å². The largest absolute Gasteiger partial charge is 0.493 e. The first-order valence-electron chi connectivity index (χ1n) is 10.1. The predicted molar refractivity (Wildman–Crippen MR) is 120 cm³/mol. The van der Waals surface area contributed by atoms with Gasteiger partial charge >= 0.3 is 0 Å². The first-order valence-corrected chi connectivity index (χ1v) is 10.1. The summed E-state index contributed by atoms with van der Waals surface area (Å²) >= 11 is 0. The number of carbonyl (C=O) groups is 2. The topological polar surface area (TPSA) is 138 Å². The quantitative estimate of drug-likeness (QED) is 0.393. The van der Waals surface area contributed by atoms with E-state index in [9.17, 15) is 19.7 Å². The van der Waals surface area contributed by atoms with Crippen molar-refractivity contribution in [2.45, 2.75) is 6.54 Å². The fraction of sp³-hybridized carbons (Fsp3) is 0.227. The number of rotatable bonds is 8. The molecule has 1 aliphatic rings. The highest BCUT2D eigenvalue weighted by Crippen LogP contribution is 2.35. The summed E-state index contributed by atoms with van der Waals surface area (Å²) in [6.45, 7) is -0.343. The monoisotopic (exact) mass is 467 g/mol. The smallest absolute Gasteiger partial charge is 0.271 e. The highest BCUT2D eigenvalue weighted by molar-refractivity contribution is 6.05. The maximum atomic E-state index is 12.8. The summed E-state index contributed by atoms with van der Waals surface area (Å²) in [6, 6.07) is 10.9. The van der Waals surface area contributed by atoms with E-state index in [1.165, 1.54) is 31.5 Å². The minimum atomic E-state index is -0.580. The van der Waals surface area contributed by atoms with Crippen LogP contribution < -0.4 is 24.4 Å². The Morgan fingerprint density at radius 3 is 2.79 bits per heavy atom. The number of nitro groups is 1. The Morgan fingerprint density at radius 2 is 2.06 bits per heavy atom. The molecule has 0 bridgehead atoms. The van der Waals surface area contributed by atoms with E-state index < -0.39 is 16.7 Å². The number of nitro benzene ring substituents is 1. The SMILES string of the molecule is COc1cccc(Cn2nccc2NC(=O)CN2C(=O)COc3ccc([N+](=O)[O-])cc32)c1OC. The number of fused-ring (bicyclic) bond motifs is 1. The van der Waals surface area contributed by atoms with E-state index in [1.807, 2.05) is 12.1 Å². The summed E-state index contributed by atoms with van der Waals surface area (Å²) in [5.41, 5.74) is 0.730. The van der Waals surface area contributed by atoms with Crippen molar-refractivity contribution in [3.8, 4) is 17.2 Å². The first kappa shape index (κ1) is 22.6. The molecule has 1 aliphatic heterocycles. The number of non-ortho nitro benzene ring substituents is 1. The van der Waals surface area contributed by atoms with Crippen molar-refractivity contribution in [1.29, 1.82) is 0 Å². The van der Waals surface area contributed by atoms with Gasteiger partial charge in [0.1, 0.15) is 18.1 Å². The molecule has 0 unspecified atom stereocenters. The molecule has 3 aromatic rings. The third kappa shape index (κ3) is 4.46. The first-order chi connectivity index (χ1) is 16.4. The Morgan fingerprint density at radius 1 is 1.24 bits per heavy atom. The summed E-state index contributed by atoms with van der Waals surface area (Å²) in [7, 11) is 3.08. The molecule has 176 valence electrons. The molecule has 12 heteroatoms. The number of para-hydroxylation sites is 1. The Hall–Kier alpha value is -4.61. The lowest BCUT2D eigenvalue weighted by Gasteiger charge is -2.28. The number of benzene rings is 2. The van der Waals surface area contributed by atoms with Crippen LogP contribution in [-0.2, 0) is 16.1 Å². The molecule has 0 saturated heterocycles. The van der Waals surface area contributed by atoms with Crippen LogP contribution in [0.1, 0.15) is 5.56 Å². The van der Waals surface area contributed by atoms with Gasteiger partial charge in [-0.05, 0) is 12.1 Å². The van der Waals surface area contributed by atoms with E-state index in [-0.39, 0.29) is 36.8 Å². The van der Waals surface area contributed by atoms with Gasteiger partial charge in [0.15, 0.2) is 18.1 Å². The zero-order valence-corrected chi connectivity index (χ0v) is 18.4. The van der Waals surface area contributed by atoms with E-state index in [0.29, 0.717) is 17.3 Å². The van der Waals surface area contributed by atoms with E-state index >= 15 is 0 Å². The van der Waals surface area contributed by atoms with Crippen molar-refractivity contribution in [3.05, 3.63) is 64.3 Å². The fourth-order valence-corrected chi connectivity index (χ4v) is 3.61. The minimum Gasteiger partial charge on any atom is -0.493 e. The van der Waals surface area contributed by atoms with Crippen LogP contribution in [0.15, 0.2) is 48.7 Å². The standard InChI is InChI=1S/C22H21N5O7/c1-32-18-5-3-4-14(22(18)33-2)11-26-19(8-9-23-26)24-20(28)12-25-16-10-15(27(30)31)6-7-17(16)34-13-21(25)29/h3-10H,11-13H2,1-2H3,(H,24,28). The lowest BCUT2D eigenvalue weighted by molar-refractivity contribution is -0.384. The molecule has 0 radical (unpaired) electrons. The van der Waals surface area contributed by atoms with Crippen molar-refractivity contribution in [1.82, 2.24) is 9.78 Å². The second-order valence-electron chi connectivity index (χ2n) is 7.25. The number of nitrogens with one attached hydrogen (secondary N) is 1. The molecular weight excluding hydrogens is 446 g/mol. The van der Waals surface area contributed by atoms with Crippen LogP contribution in [0, 0.1) is 10.1 Å². The Balaban J connectivity index is 1.52. The van der Waals surface area contributed by atoms with Crippen LogP contribution in [-0.4, -0.2) is 53.9 Å². The number of carbonyl (C=O) groups excluding carboxylic acids is 2. The van der Waals surface area contributed by atoms with Gasteiger partial charge in [-0.2, -0.15) is 5.10 Å². The zero-order chi connectivity index (χ0) is 24.2. The molecule has 0 atom stereocenters. The van der Waals surface area contributed by atoms with Crippen LogP contribution >= 0.6 is 0 Å². The summed E-state index contributed by atoms with van der Waals surface area (Å²) in [6.07, 6.45) is 1.53. The van der Waals surface area contributed by atoms with Crippen LogP contribution in [0.4, 0.5) is 17.2 Å². The lowest BCUT2D eigenvalue weighted by Crippen LogP contribution is -2.43. The maximum absolute atomic E-state index is 12.8. The number of hydrogen-bond acceptors (Lipinski definition) is 8. The summed E-state index contributed by atoms with van der Waals surface area (Å²) < 4.78 is 17.7. The molecular formula is C22H21N5O7. The normalized spacial score (nSPS) is 12.5. The van der Waals surface area contributed by atoms with Crippen molar-refractivity contribution in [3.63, 3.8) is 0 Å². The number of anilines is 2. The van der Waals surface area contributed by atoms with Gasteiger partial charge < -0.3 is 19.5 Å². The molecule has 0 fully saturated rings. The Labute approximate surface area is 193 Å². The summed E-state index contributed by atoms with van der Waals surface area (Å²) in [4.78, 5) is 37.0. The highest BCUT2D eigenvalue weighted by Gasteiger charge is 2.29. The average molecular weight is 467 g/mol. The molecule has 4 rings (SSSR count). The van der Waals surface area contributed by atoms with Crippen LogP contribution in [0.3, 0.4) is 0 Å². The molecule has 1 aromatic heterocycles. The Bertz CT molecular complexity index is 1260. The molecule has 0 saturated carbocycles. The van der Waals surface area contributed by atoms with E-state index in [4.69, 9.17) is 14.2 Å². The molecule has 1 N–H and O–H groups in total. The van der Waals surface area contributed by atoms with Crippen LogP contribution in [0.2, 0.25) is 0 Å². The third-order valence-corrected chi connectivity index (χ3v) is 5.19. The number of hydrogen-bond donors (Lipinski definition) is 1. The molecule has 0 spiro atoms. The average Bonchev–Trinajstić information content (AvgIpc) is 3.26. The number of nitrogens with zero attached hydrogens (tertiary/aromatic N) is 4. The predicted octanol–water partition coefficient (Wildman–Crippen LogP) is 2.22. The van der Waals surface area contributed by atoms with Gasteiger partial charge in [0.2, 0.25) is 5.91 Å². The number of methoxy groups -OCH3 is 2.